The van der Waals surface area contributed by atoms with E-state index in [1.54, 1.807) is 13.2 Å². The van der Waals surface area contributed by atoms with Crippen LogP contribution in [0.3, 0.4) is 0 Å². The average molecular weight is 299 g/mol. The van der Waals surface area contributed by atoms with E-state index in [0.29, 0.717) is 18.0 Å². The average Bonchev–Trinajstić information content (AvgIpc) is 2.73. The molecule has 110 valence electrons. The Morgan fingerprint density at radius 2 is 2.15 bits per heavy atom. The second-order valence-corrected chi connectivity index (χ2v) is 6.06. The molecule has 0 fully saturated rings. The molecule has 2 rings (SSSR count). The number of imidazole rings is 1. The normalized spacial score (nSPS) is 12.2. The number of fused-ring (bicyclic) bond motifs is 1. The molecule has 0 bridgehead atoms. The van der Waals surface area contributed by atoms with Crippen LogP contribution in [-0.2, 0) is 17.2 Å². The fourth-order valence-electron chi connectivity index (χ4n) is 2.32. The van der Waals surface area contributed by atoms with E-state index in [4.69, 9.17) is 16.3 Å². The Balaban J connectivity index is 2.37. The first-order chi connectivity index (χ1) is 9.46. The number of methoxy groups -OCH3 is 1. The minimum atomic E-state index is -0.276. The van der Waals surface area contributed by atoms with E-state index in [-0.39, 0.29) is 11.2 Å². The van der Waals surface area contributed by atoms with Crippen LogP contribution in [0.5, 0.6) is 0 Å². The van der Waals surface area contributed by atoms with Crippen LogP contribution in [0.4, 0.5) is 4.39 Å². The van der Waals surface area contributed by atoms with Crippen molar-refractivity contribution in [1.29, 1.82) is 0 Å². The Bertz CT molecular complexity index is 595. The van der Waals surface area contributed by atoms with Crippen LogP contribution >= 0.6 is 11.6 Å². The molecule has 20 heavy (non-hydrogen) atoms. The lowest BCUT2D eigenvalue weighted by atomic mass is 9.89. The van der Waals surface area contributed by atoms with Crippen molar-refractivity contribution in [3.63, 3.8) is 0 Å². The van der Waals surface area contributed by atoms with Crippen molar-refractivity contribution in [2.45, 2.75) is 32.7 Å². The second-order valence-electron chi connectivity index (χ2n) is 5.79. The number of benzene rings is 1. The molecule has 0 aliphatic heterocycles. The highest BCUT2D eigenvalue weighted by Crippen LogP contribution is 2.27. The van der Waals surface area contributed by atoms with Gasteiger partial charge in [-0.15, -0.1) is 11.6 Å². The molecule has 0 saturated heterocycles. The number of hydrogen-bond donors (Lipinski definition) is 0. The van der Waals surface area contributed by atoms with Gasteiger partial charge < -0.3 is 9.30 Å². The van der Waals surface area contributed by atoms with E-state index in [0.717, 1.165) is 24.3 Å². The summed E-state index contributed by atoms with van der Waals surface area (Å²) in [4.78, 5) is 4.42. The molecule has 1 aromatic carbocycles. The highest BCUT2D eigenvalue weighted by Gasteiger charge is 2.21. The van der Waals surface area contributed by atoms with Crippen molar-refractivity contribution >= 4 is 22.6 Å². The zero-order valence-corrected chi connectivity index (χ0v) is 12.9. The summed E-state index contributed by atoms with van der Waals surface area (Å²) in [5, 5.41) is 0. The van der Waals surface area contributed by atoms with E-state index in [2.05, 4.69) is 23.4 Å². The summed E-state index contributed by atoms with van der Waals surface area (Å²) in [7, 11) is 1.70. The number of halogens is 2. The largest absolute Gasteiger partial charge is 0.385 e. The minimum Gasteiger partial charge on any atom is -0.385 e. The van der Waals surface area contributed by atoms with Crippen molar-refractivity contribution in [2.24, 2.45) is 5.41 Å². The predicted octanol–water partition coefficient (Wildman–Crippen LogP) is 3.98. The molecule has 0 aliphatic rings. The molecule has 3 nitrogen and oxygen atoms in total. The minimum absolute atomic E-state index is 0.0544. The molecule has 1 aromatic heterocycles. The molecule has 0 unspecified atom stereocenters. The van der Waals surface area contributed by atoms with Crippen molar-refractivity contribution in [3.05, 3.63) is 29.8 Å². The summed E-state index contributed by atoms with van der Waals surface area (Å²) in [6, 6.07) is 4.67. The number of ether oxygens (including phenoxy) is 1. The number of alkyl halides is 1. The third kappa shape index (κ3) is 3.30. The van der Waals surface area contributed by atoms with Crippen LogP contribution < -0.4 is 0 Å². The standard InChI is InChI=1S/C15H20ClFN2O/c1-15(2,6-7-20-3)10-19-13-5-4-11(17)8-12(13)18-14(19)9-16/h4-5,8H,6-7,9-10H2,1-3H3. The molecule has 0 saturated carbocycles. The summed E-state index contributed by atoms with van der Waals surface area (Å²) in [6.07, 6.45) is 0.937. The Morgan fingerprint density at radius 1 is 1.40 bits per heavy atom. The summed E-state index contributed by atoms with van der Waals surface area (Å²) < 4.78 is 20.5. The Labute approximate surface area is 123 Å². The summed E-state index contributed by atoms with van der Waals surface area (Å²) in [6.45, 7) is 5.85. The first-order valence-corrected chi connectivity index (χ1v) is 7.20. The van der Waals surface area contributed by atoms with Gasteiger partial charge in [0.15, 0.2) is 0 Å². The number of aromatic nitrogens is 2. The van der Waals surface area contributed by atoms with Crippen LogP contribution in [0, 0.1) is 11.2 Å². The maximum atomic E-state index is 13.3. The zero-order chi connectivity index (χ0) is 14.8. The Hall–Kier alpha value is -1.13. The van der Waals surface area contributed by atoms with Crippen molar-refractivity contribution < 1.29 is 9.13 Å². The predicted molar refractivity (Wildman–Crippen MR) is 79.5 cm³/mol. The molecule has 5 heteroatoms. The number of nitrogens with zero attached hydrogens (tertiary/aromatic N) is 2. The van der Waals surface area contributed by atoms with Gasteiger partial charge in [-0.2, -0.15) is 0 Å². The van der Waals surface area contributed by atoms with Gasteiger partial charge >= 0.3 is 0 Å². The third-order valence-corrected chi connectivity index (χ3v) is 3.72. The summed E-state index contributed by atoms with van der Waals surface area (Å²) >= 11 is 5.97. The van der Waals surface area contributed by atoms with E-state index < -0.39 is 0 Å². The lowest BCUT2D eigenvalue weighted by molar-refractivity contribution is 0.143. The topological polar surface area (TPSA) is 27.1 Å². The van der Waals surface area contributed by atoms with Gasteiger partial charge in [-0.3, -0.25) is 0 Å². The molecule has 0 aliphatic carbocycles. The number of hydrogen-bond acceptors (Lipinski definition) is 2. The van der Waals surface area contributed by atoms with E-state index >= 15 is 0 Å². The van der Waals surface area contributed by atoms with Crippen LogP contribution in [-0.4, -0.2) is 23.3 Å². The van der Waals surface area contributed by atoms with Gasteiger partial charge in [0, 0.05) is 26.3 Å². The smallest absolute Gasteiger partial charge is 0.125 e. The van der Waals surface area contributed by atoms with E-state index in [1.165, 1.54) is 12.1 Å². The lowest BCUT2D eigenvalue weighted by Gasteiger charge is -2.26. The van der Waals surface area contributed by atoms with E-state index in [1.807, 2.05) is 0 Å². The number of rotatable bonds is 6. The molecule has 0 N–H and O–H groups in total. The molecule has 0 amide bonds. The monoisotopic (exact) mass is 298 g/mol. The van der Waals surface area contributed by atoms with Crippen LogP contribution in [0.15, 0.2) is 18.2 Å². The van der Waals surface area contributed by atoms with Crippen molar-refractivity contribution in [2.75, 3.05) is 13.7 Å². The van der Waals surface area contributed by atoms with Crippen LogP contribution in [0.25, 0.3) is 11.0 Å². The molecule has 1 heterocycles. The first kappa shape index (κ1) is 15.3. The molecule has 0 atom stereocenters. The molecular formula is C15H20ClFN2O. The van der Waals surface area contributed by atoms with Gasteiger partial charge in [-0.05, 0) is 24.0 Å². The Morgan fingerprint density at radius 3 is 2.80 bits per heavy atom. The quantitative estimate of drug-likeness (QED) is 0.754. The SMILES string of the molecule is COCCC(C)(C)Cn1c(CCl)nc2cc(F)ccc21. The van der Waals surface area contributed by atoms with E-state index in [9.17, 15) is 4.39 Å². The van der Waals surface area contributed by atoms with Gasteiger partial charge in [0.1, 0.15) is 11.6 Å². The highest BCUT2D eigenvalue weighted by atomic mass is 35.5. The van der Waals surface area contributed by atoms with Crippen LogP contribution in [0.2, 0.25) is 0 Å². The molecular weight excluding hydrogens is 279 g/mol. The fraction of sp³-hybridized carbons (Fsp3) is 0.533. The van der Waals surface area contributed by atoms with Crippen molar-refractivity contribution in [3.8, 4) is 0 Å². The van der Waals surface area contributed by atoms with Gasteiger partial charge in [0.05, 0.1) is 16.9 Å². The highest BCUT2D eigenvalue weighted by molar-refractivity contribution is 6.16. The van der Waals surface area contributed by atoms with Gasteiger partial charge in [-0.25, -0.2) is 9.37 Å². The summed E-state index contributed by atoms with van der Waals surface area (Å²) in [5.74, 6) is 0.816. The first-order valence-electron chi connectivity index (χ1n) is 6.66. The van der Waals surface area contributed by atoms with Gasteiger partial charge in [0.2, 0.25) is 0 Å². The molecule has 0 spiro atoms. The van der Waals surface area contributed by atoms with Crippen LogP contribution in [0.1, 0.15) is 26.1 Å². The van der Waals surface area contributed by atoms with Crippen molar-refractivity contribution in [1.82, 2.24) is 9.55 Å². The molecule has 0 radical (unpaired) electrons. The maximum absolute atomic E-state index is 13.3. The molecule has 2 aromatic rings. The lowest BCUT2D eigenvalue weighted by Crippen LogP contribution is -2.22. The fourth-order valence-corrected chi connectivity index (χ4v) is 2.52. The third-order valence-electron chi connectivity index (χ3n) is 3.48. The Kier molecular flexibility index (Phi) is 4.66. The van der Waals surface area contributed by atoms with Gasteiger partial charge in [-0.1, -0.05) is 13.8 Å². The second kappa shape index (κ2) is 6.10. The van der Waals surface area contributed by atoms with Gasteiger partial charge in [0.25, 0.3) is 0 Å². The maximum Gasteiger partial charge on any atom is 0.125 e. The zero-order valence-electron chi connectivity index (χ0n) is 12.1. The summed E-state index contributed by atoms with van der Waals surface area (Å²) in [5.41, 5.74) is 1.63.